The summed E-state index contributed by atoms with van der Waals surface area (Å²) in [5, 5.41) is 3.37. The molecule has 1 fully saturated rings. The molecule has 0 unspecified atom stereocenters. The van der Waals surface area contributed by atoms with Gasteiger partial charge in [-0.3, -0.25) is 4.90 Å². The fraction of sp³-hybridized carbons (Fsp3) is 0.692. The van der Waals surface area contributed by atoms with Gasteiger partial charge in [0, 0.05) is 56.1 Å². The van der Waals surface area contributed by atoms with Gasteiger partial charge in [0.2, 0.25) is 0 Å². The van der Waals surface area contributed by atoms with Crippen LogP contribution in [0.1, 0.15) is 36.8 Å². The Hall–Kier alpha value is -1.00. The molecule has 1 saturated heterocycles. The zero-order valence-electron chi connectivity index (χ0n) is 11.0. The summed E-state index contributed by atoms with van der Waals surface area (Å²) in [4.78, 5) is 11.5. The highest BCUT2D eigenvalue weighted by molar-refractivity contribution is 5.17. The minimum Gasteiger partial charge on any atom is -0.314 e. The van der Waals surface area contributed by atoms with Crippen molar-refractivity contribution in [1.82, 2.24) is 20.2 Å². The Morgan fingerprint density at radius 1 is 1.35 bits per heavy atom. The molecule has 0 atom stereocenters. The third-order valence-corrected chi connectivity index (χ3v) is 3.22. The molecule has 0 radical (unpaired) electrons. The van der Waals surface area contributed by atoms with Crippen LogP contribution >= 0.6 is 0 Å². The van der Waals surface area contributed by atoms with Crippen LogP contribution in [-0.2, 0) is 6.54 Å². The number of hydrogen-bond donors (Lipinski definition) is 1. The van der Waals surface area contributed by atoms with Gasteiger partial charge in [0.1, 0.15) is 5.82 Å². The first-order chi connectivity index (χ1) is 8.16. The summed E-state index contributed by atoms with van der Waals surface area (Å²) in [6, 6.07) is 0. The maximum Gasteiger partial charge on any atom is 0.131 e. The predicted octanol–water partition coefficient (Wildman–Crippen LogP) is 1.31. The number of nitrogens with one attached hydrogen (secondary N) is 1. The van der Waals surface area contributed by atoms with E-state index in [1.807, 2.05) is 6.20 Å². The molecule has 1 aliphatic heterocycles. The van der Waals surface area contributed by atoms with Gasteiger partial charge in [0.15, 0.2) is 0 Å². The van der Waals surface area contributed by atoms with Crippen molar-refractivity contribution < 1.29 is 0 Å². The van der Waals surface area contributed by atoms with Gasteiger partial charge < -0.3 is 5.32 Å². The van der Waals surface area contributed by atoms with E-state index < -0.39 is 0 Å². The van der Waals surface area contributed by atoms with E-state index in [9.17, 15) is 0 Å². The van der Waals surface area contributed by atoms with Crippen molar-refractivity contribution in [1.29, 1.82) is 0 Å². The highest BCUT2D eigenvalue weighted by Crippen LogP contribution is 2.13. The van der Waals surface area contributed by atoms with Gasteiger partial charge in [-0.1, -0.05) is 13.8 Å². The molecule has 0 aromatic carbocycles. The van der Waals surface area contributed by atoms with Crippen molar-refractivity contribution in [2.75, 3.05) is 26.2 Å². The quantitative estimate of drug-likeness (QED) is 0.856. The fourth-order valence-corrected chi connectivity index (χ4v) is 2.05. The van der Waals surface area contributed by atoms with Crippen molar-refractivity contribution in [3.05, 3.63) is 23.3 Å². The number of nitrogens with zero attached hydrogens (tertiary/aromatic N) is 3. The molecular formula is C13H22N4. The largest absolute Gasteiger partial charge is 0.314 e. The van der Waals surface area contributed by atoms with E-state index in [4.69, 9.17) is 0 Å². The Kier molecular flexibility index (Phi) is 4.07. The summed E-state index contributed by atoms with van der Waals surface area (Å²) in [6.07, 6.45) is 2.00. The fourth-order valence-electron chi connectivity index (χ4n) is 2.05. The smallest absolute Gasteiger partial charge is 0.131 e. The standard InChI is InChI=1S/C13H22N4/c1-10(2)13-15-8-12(11(3)16-13)9-17-6-4-14-5-7-17/h8,10,14H,4-7,9H2,1-3H3. The van der Waals surface area contributed by atoms with Crippen molar-refractivity contribution in [2.45, 2.75) is 33.2 Å². The second-order valence-electron chi connectivity index (χ2n) is 5.02. The van der Waals surface area contributed by atoms with Crippen LogP contribution in [0.5, 0.6) is 0 Å². The average Bonchev–Trinajstić information content (AvgIpc) is 2.33. The zero-order valence-corrected chi connectivity index (χ0v) is 11.0. The van der Waals surface area contributed by atoms with Gasteiger partial charge in [0.25, 0.3) is 0 Å². The Morgan fingerprint density at radius 3 is 2.65 bits per heavy atom. The topological polar surface area (TPSA) is 41.1 Å². The highest BCUT2D eigenvalue weighted by atomic mass is 15.2. The van der Waals surface area contributed by atoms with Gasteiger partial charge in [-0.25, -0.2) is 9.97 Å². The number of hydrogen-bond acceptors (Lipinski definition) is 4. The van der Waals surface area contributed by atoms with Crippen LogP contribution in [0.4, 0.5) is 0 Å². The lowest BCUT2D eigenvalue weighted by Gasteiger charge is -2.27. The molecule has 0 spiro atoms. The lowest BCUT2D eigenvalue weighted by atomic mass is 10.1. The molecule has 1 aromatic rings. The van der Waals surface area contributed by atoms with Crippen molar-refractivity contribution in [3.8, 4) is 0 Å². The summed E-state index contributed by atoms with van der Waals surface area (Å²) in [5.74, 6) is 1.36. The normalized spacial score (nSPS) is 17.6. The Bertz CT molecular complexity index is 370. The molecular weight excluding hydrogens is 212 g/mol. The van der Waals surface area contributed by atoms with Crippen LogP contribution in [0.25, 0.3) is 0 Å². The highest BCUT2D eigenvalue weighted by Gasteiger charge is 2.13. The first kappa shape index (κ1) is 12.5. The van der Waals surface area contributed by atoms with Gasteiger partial charge >= 0.3 is 0 Å². The molecule has 1 N–H and O–H groups in total. The van der Waals surface area contributed by atoms with E-state index in [2.05, 4.69) is 41.0 Å². The number of aromatic nitrogens is 2. The summed E-state index contributed by atoms with van der Waals surface area (Å²) >= 11 is 0. The van der Waals surface area contributed by atoms with E-state index in [1.165, 1.54) is 5.56 Å². The van der Waals surface area contributed by atoms with Crippen molar-refractivity contribution in [3.63, 3.8) is 0 Å². The number of aryl methyl sites for hydroxylation is 1. The van der Waals surface area contributed by atoms with Crippen LogP contribution in [0.3, 0.4) is 0 Å². The van der Waals surface area contributed by atoms with E-state index in [-0.39, 0.29) is 0 Å². The van der Waals surface area contributed by atoms with Crippen LogP contribution < -0.4 is 5.32 Å². The monoisotopic (exact) mass is 234 g/mol. The minimum atomic E-state index is 0.405. The summed E-state index contributed by atoms with van der Waals surface area (Å²) in [7, 11) is 0. The molecule has 1 aliphatic rings. The third kappa shape index (κ3) is 3.23. The second kappa shape index (κ2) is 5.56. The summed E-state index contributed by atoms with van der Waals surface area (Å²) in [5.41, 5.74) is 2.39. The first-order valence-electron chi connectivity index (χ1n) is 6.42. The van der Waals surface area contributed by atoms with Crippen molar-refractivity contribution in [2.24, 2.45) is 0 Å². The van der Waals surface area contributed by atoms with Gasteiger partial charge in [-0.05, 0) is 6.92 Å². The molecule has 0 saturated carbocycles. The Balaban J connectivity index is 2.05. The maximum absolute atomic E-state index is 4.58. The zero-order chi connectivity index (χ0) is 12.3. The van der Waals surface area contributed by atoms with E-state index in [1.54, 1.807) is 0 Å². The second-order valence-corrected chi connectivity index (χ2v) is 5.02. The molecule has 17 heavy (non-hydrogen) atoms. The maximum atomic E-state index is 4.58. The summed E-state index contributed by atoms with van der Waals surface area (Å²) < 4.78 is 0. The average molecular weight is 234 g/mol. The van der Waals surface area contributed by atoms with E-state index in [0.29, 0.717) is 5.92 Å². The molecule has 2 heterocycles. The molecule has 2 rings (SSSR count). The molecule has 0 bridgehead atoms. The SMILES string of the molecule is Cc1nc(C(C)C)ncc1CN1CCNCC1. The lowest BCUT2D eigenvalue weighted by Crippen LogP contribution is -2.43. The van der Waals surface area contributed by atoms with Crippen molar-refractivity contribution >= 4 is 0 Å². The van der Waals surface area contributed by atoms with Crippen LogP contribution in [0.2, 0.25) is 0 Å². The lowest BCUT2D eigenvalue weighted by molar-refractivity contribution is 0.232. The first-order valence-corrected chi connectivity index (χ1v) is 6.42. The van der Waals surface area contributed by atoms with Crippen LogP contribution in [-0.4, -0.2) is 41.0 Å². The third-order valence-electron chi connectivity index (χ3n) is 3.22. The Morgan fingerprint density at radius 2 is 2.06 bits per heavy atom. The van der Waals surface area contributed by atoms with Gasteiger partial charge in [-0.2, -0.15) is 0 Å². The minimum absolute atomic E-state index is 0.405. The summed E-state index contributed by atoms with van der Waals surface area (Å²) in [6.45, 7) is 11.7. The molecule has 0 aliphatic carbocycles. The van der Waals surface area contributed by atoms with E-state index >= 15 is 0 Å². The molecule has 1 aromatic heterocycles. The van der Waals surface area contributed by atoms with Crippen LogP contribution in [0, 0.1) is 6.92 Å². The number of rotatable bonds is 3. The molecule has 94 valence electrons. The van der Waals surface area contributed by atoms with Crippen LogP contribution in [0.15, 0.2) is 6.20 Å². The Labute approximate surface area is 103 Å². The van der Waals surface area contributed by atoms with Gasteiger partial charge in [0.05, 0.1) is 0 Å². The molecule has 4 nitrogen and oxygen atoms in total. The van der Waals surface area contributed by atoms with Gasteiger partial charge in [-0.15, -0.1) is 0 Å². The molecule has 0 amide bonds. The van der Waals surface area contributed by atoms with E-state index in [0.717, 1.165) is 44.2 Å². The predicted molar refractivity (Wildman–Crippen MR) is 69.0 cm³/mol. The molecule has 4 heteroatoms. The number of piperazine rings is 1.